The van der Waals surface area contributed by atoms with Crippen molar-refractivity contribution in [2.75, 3.05) is 46.3 Å². The van der Waals surface area contributed by atoms with Crippen LogP contribution in [0.15, 0.2) is 0 Å². The Labute approximate surface area is 129 Å². The van der Waals surface area contributed by atoms with Gasteiger partial charge in [0.25, 0.3) is 10.2 Å². The summed E-state index contributed by atoms with van der Waals surface area (Å²) in [6, 6.07) is 0.675. The Balaban J connectivity index is 1.74. The molecule has 7 heteroatoms. The average molecular weight is 318 g/mol. The monoisotopic (exact) mass is 318 g/mol. The van der Waals surface area contributed by atoms with Crippen LogP contribution in [0.5, 0.6) is 0 Å². The zero-order valence-electron chi connectivity index (χ0n) is 13.3. The molecule has 0 radical (unpaired) electrons. The van der Waals surface area contributed by atoms with Gasteiger partial charge in [0.05, 0.1) is 0 Å². The van der Waals surface area contributed by atoms with E-state index in [0.717, 1.165) is 32.5 Å². The minimum atomic E-state index is -3.31. The molecule has 0 bridgehead atoms. The summed E-state index contributed by atoms with van der Waals surface area (Å²) in [6.07, 6.45) is 4.57. The molecular formula is C14H30N4O2S. The molecule has 0 aromatic heterocycles. The van der Waals surface area contributed by atoms with Crippen LogP contribution in [-0.2, 0) is 10.2 Å². The van der Waals surface area contributed by atoms with Crippen LogP contribution in [0.2, 0.25) is 0 Å². The predicted molar refractivity (Wildman–Crippen MR) is 85.4 cm³/mol. The maximum atomic E-state index is 12.3. The molecule has 0 amide bonds. The lowest BCUT2D eigenvalue weighted by Crippen LogP contribution is -2.48. The molecule has 2 fully saturated rings. The Hall–Kier alpha value is -0.210. The van der Waals surface area contributed by atoms with Crippen LogP contribution in [0.1, 0.15) is 32.6 Å². The maximum absolute atomic E-state index is 12.3. The molecular weight excluding hydrogens is 288 g/mol. The van der Waals surface area contributed by atoms with E-state index in [-0.39, 0.29) is 0 Å². The van der Waals surface area contributed by atoms with E-state index in [1.54, 1.807) is 4.31 Å². The fourth-order valence-corrected chi connectivity index (χ4v) is 4.21. The molecule has 21 heavy (non-hydrogen) atoms. The Morgan fingerprint density at radius 2 is 2.05 bits per heavy atom. The lowest BCUT2D eigenvalue weighted by molar-refractivity contribution is 0.257. The third-order valence-corrected chi connectivity index (χ3v) is 6.00. The molecule has 6 nitrogen and oxygen atoms in total. The van der Waals surface area contributed by atoms with Gasteiger partial charge < -0.3 is 10.2 Å². The van der Waals surface area contributed by atoms with E-state index in [4.69, 9.17) is 0 Å². The number of nitrogens with zero attached hydrogens (tertiary/aromatic N) is 2. The smallest absolute Gasteiger partial charge is 0.279 e. The summed E-state index contributed by atoms with van der Waals surface area (Å²) >= 11 is 0. The third kappa shape index (κ3) is 5.49. The van der Waals surface area contributed by atoms with Crippen LogP contribution in [0.25, 0.3) is 0 Å². The first-order valence-electron chi connectivity index (χ1n) is 8.18. The molecule has 0 spiro atoms. The zero-order valence-corrected chi connectivity index (χ0v) is 14.2. The van der Waals surface area contributed by atoms with Crippen molar-refractivity contribution in [2.45, 2.75) is 38.6 Å². The molecule has 1 saturated carbocycles. The van der Waals surface area contributed by atoms with Gasteiger partial charge in [0.1, 0.15) is 0 Å². The van der Waals surface area contributed by atoms with Gasteiger partial charge in [-0.25, -0.2) is 4.72 Å². The number of hydrogen-bond acceptors (Lipinski definition) is 4. The second-order valence-corrected chi connectivity index (χ2v) is 8.04. The summed E-state index contributed by atoms with van der Waals surface area (Å²) < 4.78 is 29.1. The highest BCUT2D eigenvalue weighted by Crippen LogP contribution is 2.24. The van der Waals surface area contributed by atoms with Crippen molar-refractivity contribution >= 4 is 10.2 Å². The lowest BCUT2D eigenvalue weighted by Gasteiger charge is -2.32. The maximum Gasteiger partial charge on any atom is 0.279 e. The van der Waals surface area contributed by atoms with Crippen molar-refractivity contribution in [2.24, 2.45) is 5.92 Å². The van der Waals surface area contributed by atoms with Crippen LogP contribution in [0, 0.1) is 5.92 Å². The number of hydrogen-bond donors (Lipinski definition) is 2. The SMILES string of the molecule is CCNCC1CCCN(S(=O)(=O)NCCN(C)C2CC2)C1. The fourth-order valence-electron chi connectivity index (χ4n) is 2.90. The van der Waals surface area contributed by atoms with Crippen LogP contribution in [0.3, 0.4) is 0 Å². The predicted octanol–water partition coefficient (Wildman–Crippen LogP) is 0.237. The number of piperidine rings is 1. The molecule has 1 saturated heterocycles. The van der Waals surface area contributed by atoms with Gasteiger partial charge >= 0.3 is 0 Å². The number of nitrogens with one attached hydrogen (secondary N) is 2. The lowest BCUT2D eigenvalue weighted by atomic mass is 10.00. The Morgan fingerprint density at radius 1 is 1.29 bits per heavy atom. The number of rotatable bonds is 9. The summed E-state index contributed by atoms with van der Waals surface area (Å²) in [5, 5.41) is 3.32. The van der Waals surface area contributed by atoms with E-state index >= 15 is 0 Å². The van der Waals surface area contributed by atoms with E-state index in [9.17, 15) is 8.42 Å². The normalized spacial score (nSPS) is 24.6. The molecule has 1 aliphatic heterocycles. The summed E-state index contributed by atoms with van der Waals surface area (Å²) in [4.78, 5) is 2.24. The van der Waals surface area contributed by atoms with Crippen LogP contribution < -0.4 is 10.0 Å². The standard InChI is InChI=1S/C14H30N4O2S/c1-3-15-11-13-5-4-9-18(12-13)21(19,20)16-8-10-17(2)14-6-7-14/h13-16H,3-12H2,1-2H3. The molecule has 0 aromatic rings. The van der Waals surface area contributed by atoms with Gasteiger partial charge in [0, 0.05) is 32.2 Å². The van der Waals surface area contributed by atoms with Crippen molar-refractivity contribution in [1.82, 2.24) is 19.2 Å². The molecule has 1 unspecified atom stereocenters. The Kier molecular flexibility index (Phi) is 6.43. The summed E-state index contributed by atoms with van der Waals surface area (Å²) in [5.41, 5.74) is 0. The van der Waals surface area contributed by atoms with E-state index in [2.05, 4.69) is 28.9 Å². The molecule has 2 rings (SSSR count). The van der Waals surface area contributed by atoms with Gasteiger partial charge in [0.15, 0.2) is 0 Å². The Bertz CT molecular complexity index is 411. The average Bonchev–Trinajstić information content (AvgIpc) is 3.30. The molecule has 124 valence electrons. The molecule has 1 aliphatic carbocycles. The van der Waals surface area contributed by atoms with E-state index in [1.807, 2.05) is 0 Å². The van der Waals surface area contributed by atoms with Crippen LogP contribution >= 0.6 is 0 Å². The van der Waals surface area contributed by atoms with Crippen molar-refractivity contribution in [3.8, 4) is 0 Å². The van der Waals surface area contributed by atoms with Crippen molar-refractivity contribution in [3.05, 3.63) is 0 Å². The van der Waals surface area contributed by atoms with Crippen molar-refractivity contribution < 1.29 is 8.42 Å². The molecule has 0 aromatic carbocycles. The number of likely N-dealkylation sites (N-methyl/N-ethyl adjacent to an activating group) is 1. The molecule has 1 heterocycles. The van der Waals surface area contributed by atoms with E-state index in [0.29, 0.717) is 31.6 Å². The van der Waals surface area contributed by atoms with Crippen LogP contribution in [-0.4, -0.2) is 70.0 Å². The first-order valence-corrected chi connectivity index (χ1v) is 9.62. The quantitative estimate of drug-likeness (QED) is 0.639. The topological polar surface area (TPSA) is 64.7 Å². The van der Waals surface area contributed by atoms with Crippen LogP contribution in [0.4, 0.5) is 0 Å². The first-order chi connectivity index (χ1) is 10.0. The third-order valence-electron chi connectivity index (χ3n) is 4.42. The first kappa shape index (κ1) is 17.1. The summed E-state index contributed by atoms with van der Waals surface area (Å²) in [7, 11) is -1.24. The second-order valence-electron chi connectivity index (χ2n) is 6.29. The highest BCUT2D eigenvalue weighted by atomic mass is 32.2. The summed E-state index contributed by atoms with van der Waals surface area (Å²) in [5.74, 6) is 0.435. The summed E-state index contributed by atoms with van der Waals surface area (Å²) in [6.45, 7) is 6.51. The van der Waals surface area contributed by atoms with Gasteiger partial charge in [-0.05, 0) is 51.7 Å². The largest absolute Gasteiger partial charge is 0.317 e. The fraction of sp³-hybridized carbons (Fsp3) is 1.00. The molecule has 2 aliphatic rings. The van der Waals surface area contributed by atoms with Gasteiger partial charge in [-0.15, -0.1) is 0 Å². The van der Waals surface area contributed by atoms with Gasteiger partial charge in [0.2, 0.25) is 0 Å². The Morgan fingerprint density at radius 3 is 2.71 bits per heavy atom. The van der Waals surface area contributed by atoms with E-state index in [1.165, 1.54) is 12.8 Å². The van der Waals surface area contributed by atoms with Gasteiger partial charge in [-0.1, -0.05) is 6.92 Å². The van der Waals surface area contributed by atoms with Gasteiger partial charge in [-0.3, -0.25) is 0 Å². The minimum Gasteiger partial charge on any atom is -0.317 e. The van der Waals surface area contributed by atoms with Crippen molar-refractivity contribution in [3.63, 3.8) is 0 Å². The second kappa shape index (κ2) is 7.87. The van der Waals surface area contributed by atoms with E-state index < -0.39 is 10.2 Å². The highest BCUT2D eigenvalue weighted by Gasteiger charge is 2.29. The minimum absolute atomic E-state index is 0.435. The van der Waals surface area contributed by atoms with Gasteiger partial charge in [-0.2, -0.15) is 12.7 Å². The molecule has 1 atom stereocenters. The van der Waals surface area contributed by atoms with Crippen molar-refractivity contribution in [1.29, 1.82) is 0 Å². The molecule has 2 N–H and O–H groups in total. The highest BCUT2D eigenvalue weighted by molar-refractivity contribution is 7.87. The zero-order chi connectivity index (χ0) is 15.3.